The highest BCUT2D eigenvalue weighted by Crippen LogP contribution is 2.20. The monoisotopic (exact) mass is 477 g/mol. The summed E-state index contributed by atoms with van der Waals surface area (Å²) in [5.74, 6) is 0.338. The minimum Gasteiger partial charge on any atom is -0.492 e. The van der Waals surface area contributed by atoms with Crippen LogP contribution in [0.2, 0.25) is 0 Å². The molecule has 7 nitrogen and oxygen atoms in total. The zero-order valence-corrected chi connectivity index (χ0v) is 20.2. The van der Waals surface area contributed by atoms with E-state index in [0.29, 0.717) is 24.5 Å². The van der Waals surface area contributed by atoms with Crippen molar-refractivity contribution in [2.75, 3.05) is 40.3 Å². The van der Waals surface area contributed by atoms with E-state index in [2.05, 4.69) is 10.2 Å². The Morgan fingerprint density at radius 1 is 1.15 bits per heavy atom. The number of sulfonamides is 1. The van der Waals surface area contributed by atoms with E-state index in [0.717, 1.165) is 38.0 Å². The molecule has 2 aromatic rings. The van der Waals surface area contributed by atoms with Gasteiger partial charge in [0.2, 0.25) is 15.9 Å². The summed E-state index contributed by atoms with van der Waals surface area (Å²) in [6, 6.07) is 11.4. The first-order valence-electron chi connectivity index (χ1n) is 11.1. The molecule has 1 amide bonds. The van der Waals surface area contributed by atoms with Gasteiger partial charge in [0, 0.05) is 33.1 Å². The lowest BCUT2D eigenvalue weighted by atomic mass is 9.96. The average molecular weight is 478 g/mol. The predicted octanol–water partition coefficient (Wildman–Crippen LogP) is 2.79. The number of likely N-dealkylation sites (tertiary alicyclic amines) is 1. The van der Waals surface area contributed by atoms with Crippen LogP contribution in [0.15, 0.2) is 47.4 Å². The van der Waals surface area contributed by atoms with Crippen molar-refractivity contribution in [1.29, 1.82) is 0 Å². The summed E-state index contributed by atoms with van der Waals surface area (Å²) in [6.45, 7) is 4.87. The second-order valence-electron chi connectivity index (χ2n) is 8.52. The van der Waals surface area contributed by atoms with E-state index in [4.69, 9.17) is 4.74 Å². The molecule has 0 spiro atoms. The molecule has 0 aliphatic carbocycles. The number of hydrogen-bond donors (Lipinski definition) is 1. The zero-order valence-electron chi connectivity index (χ0n) is 19.4. The van der Waals surface area contributed by atoms with Gasteiger partial charge in [-0.1, -0.05) is 12.1 Å². The summed E-state index contributed by atoms with van der Waals surface area (Å²) in [5.41, 5.74) is 1.35. The summed E-state index contributed by atoms with van der Waals surface area (Å²) in [7, 11) is -0.452. The highest BCUT2D eigenvalue weighted by molar-refractivity contribution is 7.89. The van der Waals surface area contributed by atoms with E-state index in [1.165, 1.54) is 24.5 Å². The fourth-order valence-corrected chi connectivity index (χ4v) is 4.61. The molecule has 1 aliphatic heterocycles. The third kappa shape index (κ3) is 6.75. The standard InChI is InChI=1S/C24H32FN3O4S/c1-18-4-5-19(16-23(18)25)17-26-24(29)20-10-12-28(13-11-20)14-15-32-21-6-8-22(9-7-21)33(30,31)27(2)3/h4-9,16,20H,10-15,17H2,1-3H3,(H,26,29). The van der Waals surface area contributed by atoms with Crippen LogP contribution in [0.1, 0.15) is 24.0 Å². The Labute approximate surface area is 195 Å². The molecule has 33 heavy (non-hydrogen) atoms. The summed E-state index contributed by atoms with van der Waals surface area (Å²) in [4.78, 5) is 15.0. The molecule has 1 saturated heterocycles. The van der Waals surface area contributed by atoms with Gasteiger partial charge < -0.3 is 10.1 Å². The van der Waals surface area contributed by atoms with Gasteiger partial charge in [-0.05, 0) is 74.3 Å². The van der Waals surface area contributed by atoms with Crippen molar-refractivity contribution in [2.24, 2.45) is 5.92 Å². The van der Waals surface area contributed by atoms with Crippen LogP contribution in [0.3, 0.4) is 0 Å². The Hall–Kier alpha value is -2.49. The number of piperidine rings is 1. The fraction of sp³-hybridized carbons (Fsp3) is 0.458. The van der Waals surface area contributed by atoms with Crippen molar-refractivity contribution in [2.45, 2.75) is 31.2 Å². The van der Waals surface area contributed by atoms with Crippen molar-refractivity contribution in [1.82, 2.24) is 14.5 Å². The first-order chi connectivity index (χ1) is 15.7. The number of nitrogens with one attached hydrogen (secondary N) is 1. The Kier molecular flexibility index (Phi) is 8.45. The quantitative estimate of drug-likeness (QED) is 0.601. The molecule has 1 aliphatic rings. The molecule has 0 unspecified atom stereocenters. The summed E-state index contributed by atoms with van der Waals surface area (Å²) in [6.07, 6.45) is 1.54. The van der Waals surface area contributed by atoms with Gasteiger partial charge >= 0.3 is 0 Å². The third-order valence-corrected chi connectivity index (χ3v) is 7.77. The van der Waals surface area contributed by atoms with Crippen LogP contribution in [0.4, 0.5) is 4.39 Å². The highest BCUT2D eigenvalue weighted by atomic mass is 32.2. The molecule has 9 heteroatoms. The predicted molar refractivity (Wildman–Crippen MR) is 125 cm³/mol. The average Bonchev–Trinajstić information content (AvgIpc) is 2.80. The Morgan fingerprint density at radius 3 is 2.42 bits per heavy atom. The van der Waals surface area contributed by atoms with Gasteiger partial charge in [0.15, 0.2) is 0 Å². The van der Waals surface area contributed by atoms with Crippen LogP contribution in [-0.4, -0.2) is 63.9 Å². The number of rotatable bonds is 9. The highest BCUT2D eigenvalue weighted by Gasteiger charge is 2.24. The molecule has 0 atom stereocenters. The smallest absolute Gasteiger partial charge is 0.242 e. The number of benzene rings is 2. The van der Waals surface area contributed by atoms with Crippen LogP contribution in [-0.2, 0) is 21.4 Å². The molecule has 1 fully saturated rings. The van der Waals surface area contributed by atoms with Crippen LogP contribution >= 0.6 is 0 Å². The van der Waals surface area contributed by atoms with Crippen molar-refractivity contribution >= 4 is 15.9 Å². The Morgan fingerprint density at radius 2 is 1.82 bits per heavy atom. The number of aryl methyl sites for hydroxylation is 1. The second kappa shape index (κ2) is 11.1. The molecule has 3 rings (SSSR count). The van der Waals surface area contributed by atoms with E-state index in [9.17, 15) is 17.6 Å². The maximum absolute atomic E-state index is 13.7. The van der Waals surface area contributed by atoms with E-state index in [1.807, 2.05) is 6.07 Å². The lowest BCUT2D eigenvalue weighted by molar-refractivity contribution is -0.126. The summed E-state index contributed by atoms with van der Waals surface area (Å²) >= 11 is 0. The molecule has 0 saturated carbocycles. The summed E-state index contributed by atoms with van der Waals surface area (Å²) < 4.78 is 44.8. The molecule has 1 heterocycles. The maximum atomic E-state index is 13.7. The van der Waals surface area contributed by atoms with Crippen LogP contribution in [0.5, 0.6) is 5.75 Å². The van der Waals surface area contributed by atoms with E-state index < -0.39 is 10.0 Å². The van der Waals surface area contributed by atoms with Crippen LogP contribution in [0, 0.1) is 18.7 Å². The third-order valence-electron chi connectivity index (χ3n) is 5.94. The Balaban J connectivity index is 1.37. The van der Waals surface area contributed by atoms with E-state index in [1.54, 1.807) is 37.3 Å². The lowest BCUT2D eigenvalue weighted by Gasteiger charge is -2.31. The minimum absolute atomic E-state index is 0.0136. The number of carbonyl (C=O) groups excluding carboxylic acids is 1. The molecule has 2 aromatic carbocycles. The number of amides is 1. The fourth-order valence-electron chi connectivity index (χ4n) is 3.71. The lowest BCUT2D eigenvalue weighted by Crippen LogP contribution is -2.41. The molecule has 1 N–H and O–H groups in total. The van der Waals surface area contributed by atoms with Crippen molar-refractivity contribution in [3.8, 4) is 5.75 Å². The van der Waals surface area contributed by atoms with Gasteiger partial charge in [0.1, 0.15) is 18.2 Å². The van der Waals surface area contributed by atoms with Crippen molar-refractivity contribution < 1.29 is 22.3 Å². The van der Waals surface area contributed by atoms with Crippen molar-refractivity contribution in [3.05, 3.63) is 59.4 Å². The molecule has 0 bridgehead atoms. The van der Waals surface area contributed by atoms with E-state index in [-0.39, 0.29) is 22.5 Å². The first-order valence-corrected chi connectivity index (χ1v) is 12.5. The topological polar surface area (TPSA) is 79.0 Å². The zero-order chi connectivity index (χ0) is 24.0. The molecule has 0 radical (unpaired) electrons. The van der Waals surface area contributed by atoms with Gasteiger partial charge in [0.05, 0.1) is 4.90 Å². The van der Waals surface area contributed by atoms with Crippen molar-refractivity contribution in [3.63, 3.8) is 0 Å². The molecule has 0 aromatic heterocycles. The van der Waals surface area contributed by atoms with Crippen LogP contribution < -0.4 is 10.1 Å². The van der Waals surface area contributed by atoms with Crippen LogP contribution in [0.25, 0.3) is 0 Å². The molecule has 180 valence electrons. The number of nitrogens with zero attached hydrogens (tertiary/aromatic N) is 2. The van der Waals surface area contributed by atoms with Gasteiger partial charge in [-0.2, -0.15) is 0 Å². The van der Waals surface area contributed by atoms with Gasteiger partial charge in [0.25, 0.3) is 0 Å². The SMILES string of the molecule is Cc1ccc(CNC(=O)C2CCN(CCOc3ccc(S(=O)(=O)N(C)C)cc3)CC2)cc1F. The minimum atomic E-state index is -3.45. The maximum Gasteiger partial charge on any atom is 0.242 e. The first kappa shape index (κ1) is 25.1. The molecular weight excluding hydrogens is 445 g/mol. The molecular formula is C24H32FN3O4S. The Bertz CT molecular complexity index is 1050. The normalized spacial score (nSPS) is 15.5. The number of ether oxygens (including phenoxy) is 1. The van der Waals surface area contributed by atoms with Gasteiger partial charge in [-0.15, -0.1) is 0 Å². The largest absolute Gasteiger partial charge is 0.492 e. The second-order valence-corrected chi connectivity index (χ2v) is 10.7. The number of hydrogen-bond acceptors (Lipinski definition) is 5. The number of carbonyl (C=O) groups is 1. The van der Waals surface area contributed by atoms with E-state index >= 15 is 0 Å². The number of halogens is 1. The summed E-state index contributed by atoms with van der Waals surface area (Å²) in [5, 5.41) is 2.92. The van der Waals surface area contributed by atoms with Gasteiger partial charge in [-0.3, -0.25) is 9.69 Å². The van der Waals surface area contributed by atoms with Gasteiger partial charge in [-0.25, -0.2) is 17.1 Å².